The van der Waals surface area contributed by atoms with E-state index in [1.165, 1.54) is 0 Å². The molecule has 68 valence electrons. The van der Waals surface area contributed by atoms with Crippen LogP contribution in [0.25, 0.3) is 0 Å². The van der Waals surface area contributed by atoms with E-state index in [1.54, 1.807) is 0 Å². The Balaban J connectivity index is 2.62. The number of rotatable bonds is 3. The molecule has 1 saturated carbocycles. The highest BCUT2D eigenvalue weighted by molar-refractivity contribution is 5.86. The zero-order chi connectivity index (χ0) is 9.35. The standard InChI is InChI=1S/C10H16O2/c1-4-7(9(11)12)5-8-6-10(8,2)3/h5,8H,4,6H2,1-3H3,(H,11,12)/b7-5+/t8-/m0/s1. The summed E-state index contributed by atoms with van der Waals surface area (Å²) in [5.41, 5.74) is 0.904. The van der Waals surface area contributed by atoms with Crippen LogP contribution in [-0.4, -0.2) is 11.1 Å². The van der Waals surface area contributed by atoms with Gasteiger partial charge in [-0.05, 0) is 24.2 Å². The first kappa shape index (κ1) is 9.30. The quantitative estimate of drug-likeness (QED) is 0.657. The molecule has 0 unspecified atom stereocenters. The van der Waals surface area contributed by atoms with Crippen LogP contribution in [0.2, 0.25) is 0 Å². The molecule has 0 aromatic carbocycles. The lowest BCUT2D eigenvalue weighted by atomic mass is 10.1. The number of hydrogen-bond acceptors (Lipinski definition) is 1. The maximum absolute atomic E-state index is 10.6. The summed E-state index contributed by atoms with van der Waals surface area (Å²) in [6, 6.07) is 0. The van der Waals surface area contributed by atoms with Gasteiger partial charge < -0.3 is 5.11 Å². The fourth-order valence-electron chi connectivity index (χ4n) is 1.38. The predicted octanol–water partition coefficient (Wildman–Crippen LogP) is 2.45. The Hall–Kier alpha value is -0.790. The molecule has 12 heavy (non-hydrogen) atoms. The van der Waals surface area contributed by atoms with Gasteiger partial charge in [0.05, 0.1) is 0 Å². The monoisotopic (exact) mass is 168 g/mol. The lowest BCUT2D eigenvalue weighted by Gasteiger charge is -1.99. The Bertz CT molecular complexity index is 226. The topological polar surface area (TPSA) is 37.3 Å². The third-order valence-electron chi connectivity index (χ3n) is 2.65. The molecule has 1 aliphatic carbocycles. The van der Waals surface area contributed by atoms with Gasteiger partial charge in [0.2, 0.25) is 0 Å². The predicted molar refractivity (Wildman–Crippen MR) is 47.9 cm³/mol. The Morgan fingerprint density at radius 1 is 1.67 bits per heavy atom. The molecule has 0 amide bonds. The average molecular weight is 168 g/mol. The molecule has 0 saturated heterocycles. The Kier molecular flexibility index (Phi) is 2.27. The van der Waals surface area contributed by atoms with Crippen LogP contribution in [0.1, 0.15) is 33.6 Å². The maximum atomic E-state index is 10.6. The summed E-state index contributed by atoms with van der Waals surface area (Å²) in [4.78, 5) is 10.6. The first-order chi connectivity index (χ1) is 5.47. The second-order valence-corrected chi connectivity index (χ2v) is 4.15. The van der Waals surface area contributed by atoms with Crippen molar-refractivity contribution >= 4 is 5.97 Å². The lowest BCUT2D eigenvalue weighted by Crippen LogP contribution is -2.00. The van der Waals surface area contributed by atoms with Crippen LogP contribution in [0.15, 0.2) is 11.6 Å². The number of carboxylic acid groups (broad SMARTS) is 1. The Morgan fingerprint density at radius 2 is 2.17 bits per heavy atom. The van der Waals surface area contributed by atoms with Crippen molar-refractivity contribution in [2.45, 2.75) is 33.6 Å². The second kappa shape index (κ2) is 2.92. The number of carbonyl (C=O) groups is 1. The van der Waals surface area contributed by atoms with Gasteiger partial charge in [0, 0.05) is 5.57 Å². The molecule has 2 nitrogen and oxygen atoms in total. The molecular formula is C10H16O2. The van der Waals surface area contributed by atoms with Gasteiger partial charge in [0.15, 0.2) is 0 Å². The zero-order valence-corrected chi connectivity index (χ0v) is 7.92. The smallest absolute Gasteiger partial charge is 0.331 e. The largest absolute Gasteiger partial charge is 0.478 e. The van der Waals surface area contributed by atoms with Gasteiger partial charge in [-0.15, -0.1) is 0 Å². The number of carboxylic acids is 1. The third-order valence-corrected chi connectivity index (χ3v) is 2.65. The second-order valence-electron chi connectivity index (χ2n) is 4.15. The summed E-state index contributed by atoms with van der Waals surface area (Å²) < 4.78 is 0. The summed E-state index contributed by atoms with van der Waals surface area (Å²) in [5.74, 6) is -0.274. The molecule has 1 N–H and O–H groups in total. The van der Waals surface area contributed by atoms with Crippen molar-refractivity contribution in [3.63, 3.8) is 0 Å². The van der Waals surface area contributed by atoms with Gasteiger partial charge >= 0.3 is 5.97 Å². The average Bonchev–Trinajstić information content (AvgIpc) is 2.53. The normalized spacial score (nSPS) is 26.9. The number of allylic oxidation sites excluding steroid dienone is 1. The summed E-state index contributed by atoms with van der Waals surface area (Å²) >= 11 is 0. The van der Waals surface area contributed by atoms with Gasteiger partial charge in [0.25, 0.3) is 0 Å². The van der Waals surface area contributed by atoms with Gasteiger partial charge in [-0.1, -0.05) is 26.8 Å². The molecule has 1 rings (SSSR count). The summed E-state index contributed by atoms with van der Waals surface area (Å²) in [5, 5.41) is 8.75. The van der Waals surface area contributed by atoms with Gasteiger partial charge in [-0.2, -0.15) is 0 Å². The van der Waals surface area contributed by atoms with E-state index in [9.17, 15) is 4.79 Å². The number of aliphatic carboxylic acids is 1. The molecule has 2 heteroatoms. The minimum Gasteiger partial charge on any atom is -0.478 e. The lowest BCUT2D eigenvalue weighted by molar-refractivity contribution is -0.132. The molecule has 0 aromatic heterocycles. The molecule has 1 atom stereocenters. The van der Waals surface area contributed by atoms with Crippen LogP contribution in [-0.2, 0) is 4.79 Å². The third kappa shape index (κ3) is 1.87. The fourth-order valence-corrected chi connectivity index (χ4v) is 1.38. The fraction of sp³-hybridized carbons (Fsp3) is 0.700. The van der Waals surface area contributed by atoms with Gasteiger partial charge in [0.1, 0.15) is 0 Å². The molecule has 0 heterocycles. The summed E-state index contributed by atoms with van der Waals surface area (Å²) in [6.07, 6.45) is 3.67. The highest BCUT2D eigenvalue weighted by Gasteiger charge is 2.44. The summed E-state index contributed by atoms with van der Waals surface area (Å²) in [7, 11) is 0. The SMILES string of the molecule is CC/C(=C\[C@H]1CC1(C)C)C(=O)O. The van der Waals surface area contributed by atoms with Crippen molar-refractivity contribution in [3.8, 4) is 0 Å². The van der Waals surface area contributed by atoms with E-state index in [0.29, 0.717) is 23.3 Å². The van der Waals surface area contributed by atoms with Crippen molar-refractivity contribution in [2.24, 2.45) is 11.3 Å². The van der Waals surface area contributed by atoms with Crippen molar-refractivity contribution < 1.29 is 9.90 Å². The minimum absolute atomic E-state index is 0.343. The minimum atomic E-state index is -0.764. The van der Waals surface area contributed by atoms with E-state index in [-0.39, 0.29) is 0 Å². The molecule has 0 radical (unpaired) electrons. The molecular weight excluding hydrogens is 152 g/mol. The van der Waals surface area contributed by atoms with E-state index >= 15 is 0 Å². The Morgan fingerprint density at radius 3 is 2.42 bits per heavy atom. The Labute approximate surface area is 73.3 Å². The van der Waals surface area contributed by atoms with E-state index < -0.39 is 5.97 Å². The van der Waals surface area contributed by atoms with E-state index in [4.69, 9.17) is 5.11 Å². The highest BCUT2D eigenvalue weighted by atomic mass is 16.4. The van der Waals surface area contributed by atoms with E-state index in [1.807, 2.05) is 13.0 Å². The van der Waals surface area contributed by atoms with Crippen LogP contribution in [0.5, 0.6) is 0 Å². The van der Waals surface area contributed by atoms with Gasteiger partial charge in [-0.3, -0.25) is 0 Å². The molecule has 1 fully saturated rings. The molecule has 0 aromatic rings. The van der Waals surface area contributed by atoms with Crippen molar-refractivity contribution in [3.05, 3.63) is 11.6 Å². The van der Waals surface area contributed by atoms with Crippen molar-refractivity contribution in [2.75, 3.05) is 0 Å². The van der Waals surface area contributed by atoms with Crippen LogP contribution in [0, 0.1) is 11.3 Å². The van der Waals surface area contributed by atoms with Crippen LogP contribution in [0.4, 0.5) is 0 Å². The van der Waals surface area contributed by atoms with Gasteiger partial charge in [-0.25, -0.2) is 4.79 Å². The van der Waals surface area contributed by atoms with Crippen molar-refractivity contribution in [1.29, 1.82) is 0 Å². The molecule has 0 bridgehead atoms. The van der Waals surface area contributed by atoms with E-state index in [0.717, 1.165) is 6.42 Å². The highest BCUT2D eigenvalue weighted by Crippen LogP contribution is 2.52. The van der Waals surface area contributed by atoms with Crippen molar-refractivity contribution in [1.82, 2.24) is 0 Å². The maximum Gasteiger partial charge on any atom is 0.331 e. The zero-order valence-electron chi connectivity index (χ0n) is 7.92. The van der Waals surface area contributed by atoms with Crippen LogP contribution >= 0.6 is 0 Å². The molecule has 0 spiro atoms. The van der Waals surface area contributed by atoms with E-state index in [2.05, 4.69) is 13.8 Å². The van der Waals surface area contributed by atoms with Crippen LogP contribution < -0.4 is 0 Å². The first-order valence-corrected chi connectivity index (χ1v) is 4.41. The first-order valence-electron chi connectivity index (χ1n) is 4.41. The number of hydrogen-bond donors (Lipinski definition) is 1. The summed E-state index contributed by atoms with van der Waals surface area (Å²) in [6.45, 7) is 6.22. The molecule has 1 aliphatic rings. The van der Waals surface area contributed by atoms with Crippen LogP contribution in [0.3, 0.4) is 0 Å². The molecule has 0 aliphatic heterocycles.